The van der Waals surface area contributed by atoms with Gasteiger partial charge in [0.2, 0.25) is 5.88 Å². The number of benzene rings is 2. The molecule has 0 spiro atoms. The highest BCUT2D eigenvalue weighted by molar-refractivity contribution is 9.10. The number of aliphatic imine (C=N–C) groups is 1. The molecule has 12 heteroatoms. The van der Waals surface area contributed by atoms with E-state index in [-0.39, 0.29) is 11.3 Å². The lowest BCUT2D eigenvalue weighted by Gasteiger charge is -2.34. The normalized spacial score (nSPS) is 14.8. The van der Waals surface area contributed by atoms with Crippen molar-refractivity contribution in [3.63, 3.8) is 0 Å². The van der Waals surface area contributed by atoms with Gasteiger partial charge in [0.15, 0.2) is 0 Å². The van der Waals surface area contributed by atoms with Gasteiger partial charge in [0.05, 0.1) is 28.1 Å². The summed E-state index contributed by atoms with van der Waals surface area (Å²) >= 11 is 3.47. The number of hydrogen-bond donors (Lipinski definition) is 4. The first-order chi connectivity index (χ1) is 17.6. The smallest absolute Gasteiger partial charge is 0.335 e. The molecule has 2 aromatic carbocycles. The average Bonchev–Trinajstić information content (AvgIpc) is 3.20. The minimum Gasteiger partial charge on any atom is -0.493 e. The number of piperazine rings is 1. The Labute approximate surface area is 219 Å². The molecule has 1 aliphatic rings. The fourth-order valence-corrected chi connectivity index (χ4v) is 4.94. The third-order valence-corrected chi connectivity index (χ3v) is 7.48. The molecule has 2 aromatic heterocycles. The molecule has 0 unspecified atom stereocenters. The zero-order valence-electron chi connectivity index (χ0n) is 20.6. The summed E-state index contributed by atoms with van der Waals surface area (Å²) in [6.45, 7) is 6.92. The topological polar surface area (TPSA) is 143 Å². The van der Waals surface area contributed by atoms with E-state index in [0.29, 0.717) is 22.4 Å². The standard InChI is InChI=1S/C25H26BrN7O4/c1-13-9-20(14(2)8-16(13)26)33-23(35)15(22(34)30-25(33)37)12-27-19-10-17-18(29-24(36)28-17)11-21(19)32-6-4-31(3)5-7-32/h8-12,35H,4-7H2,1-3H3,(H2,28,29,36)(H,30,34,37). The minimum atomic E-state index is -0.758. The largest absolute Gasteiger partial charge is 0.493 e. The van der Waals surface area contributed by atoms with Crippen LogP contribution in [-0.4, -0.2) is 69.0 Å². The molecule has 0 radical (unpaired) electrons. The number of aryl methyl sites for hydroxylation is 2. The van der Waals surface area contributed by atoms with Gasteiger partial charge >= 0.3 is 11.4 Å². The first-order valence-electron chi connectivity index (χ1n) is 11.7. The Morgan fingerprint density at radius 1 is 0.919 bits per heavy atom. The van der Waals surface area contributed by atoms with Crippen LogP contribution in [0.15, 0.2) is 48.1 Å². The van der Waals surface area contributed by atoms with Crippen molar-refractivity contribution in [1.82, 2.24) is 24.4 Å². The molecule has 4 aromatic rings. The van der Waals surface area contributed by atoms with Gasteiger partial charge in [-0.05, 0) is 56.3 Å². The van der Waals surface area contributed by atoms with E-state index in [2.05, 4.69) is 52.7 Å². The van der Waals surface area contributed by atoms with Crippen molar-refractivity contribution < 1.29 is 5.11 Å². The lowest BCUT2D eigenvalue weighted by Crippen LogP contribution is -2.44. The molecule has 0 atom stereocenters. The molecule has 0 saturated carbocycles. The second kappa shape index (κ2) is 9.52. The van der Waals surface area contributed by atoms with Gasteiger partial charge in [0.1, 0.15) is 5.56 Å². The van der Waals surface area contributed by atoms with Crippen LogP contribution in [0, 0.1) is 13.8 Å². The number of H-pyrrole nitrogens is 3. The van der Waals surface area contributed by atoms with Crippen molar-refractivity contribution >= 4 is 44.6 Å². The summed E-state index contributed by atoms with van der Waals surface area (Å²) in [5.74, 6) is -0.514. The van der Waals surface area contributed by atoms with E-state index in [1.54, 1.807) is 19.1 Å². The molecule has 4 N–H and O–H groups in total. The van der Waals surface area contributed by atoms with E-state index >= 15 is 0 Å². The molecule has 5 rings (SSSR count). The quantitative estimate of drug-likeness (QED) is 0.279. The molecule has 1 saturated heterocycles. The number of rotatable bonds is 4. The number of likely N-dealkylation sites (N-methyl/N-ethyl adjacent to an activating group) is 1. The van der Waals surface area contributed by atoms with Crippen LogP contribution in [0.5, 0.6) is 5.88 Å². The van der Waals surface area contributed by atoms with Gasteiger partial charge in [-0.2, -0.15) is 0 Å². The van der Waals surface area contributed by atoms with Crippen LogP contribution >= 0.6 is 15.9 Å². The molecule has 192 valence electrons. The monoisotopic (exact) mass is 567 g/mol. The number of nitrogens with zero attached hydrogens (tertiary/aromatic N) is 4. The molecule has 0 aliphatic carbocycles. The van der Waals surface area contributed by atoms with Crippen LogP contribution < -0.4 is 21.8 Å². The molecule has 37 heavy (non-hydrogen) atoms. The summed E-state index contributed by atoms with van der Waals surface area (Å²) in [5, 5.41) is 11.1. The number of hydrogen-bond acceptors (Lipinski definition) is 7. The summed E-state index contributed by atoms with van der Waals surface area (Å²) in [7, 11) is 2.06. The highest BCUT2D eigenvalue weighted by Gasteiger charge is 2.20. The van der Waals surface area contributed by atoms with Gasteiger partial charge in [-0.25, -0.2) is 14.2 Å². The van der Waals surface area contributed by atoms with Crippen molar-refractivity contribution in [3.05, 3.63) is 76.8 Å². The molecular weight excluding hydrogens is 542 g/mol. The Morgan fingerprint density at radius 2 is 1.59 bits per heavy atom. The Balaban J connectivity index is 1.64. The van der Waals surface area contributed by atoms with Gasteiger partial charge in [0.25, 0.3) is 5.56 Å². The molecule has 0 amide bonds. The Hall–Kier alpha value is -3.90. The maximum Gasteiger partial charge on any atom is 0.335 e. The zero-order chi connectivity index (χ0) is 26.4. The molecular formula is C25H26BrN7O4. The molecule has 0 bridgehead atoms. The number of aromatic nitrogens is 4. The first kappa shape index (κ1) is 24.8. The number of nitrogens with one attached hydrogen (secondary N) is 3. The molecule has 11 nitrogen and oxygen atoms in total. The number of aromatic hydroxyl groups is 1. The molecule has 1 aliphatic heterocycles. The van der Waals surface area contributed by atoms with Crippen LogP contribution in [0.3, 0.4) is 0 Å². The lowest BCUT2D eigenvalue weighted by atomic mass is 10.1. The van der Waals surface area contributed by atoms with Crippen molar-refractivity contribution in [1.29, 1.82) is 0 Å². The van der Waals surface area contributed by atoms with E-state index in [1.165, 1.54) is 6.21 Å². The maximum atomic E-state index is 12.7. The van der Waals surface area contributed by atoms with Crippen molar-refractivity contribution in [3.8, 4) is 11.6 Å². The number of anilines is 1. The van der Waals surface area contributed by atoms with Crippen LogP contribution in [-0.2, 0) is 0 Å². The van der Waals surface area contributed by atoms with E-state index in [9.17, 15) is 19.5 Å². The highest BCUT2D eigenvalue weighted by atomic mass is 79.9. The predicted octanol–water partition coefficient (Wildman–Crippen LogP) is 2.28. The predicted molar refractivity (Wildman–Crippen MR) is 147 cm³/mol. The number of aromatic amines is 3. The van der Waals surface area contributed by atoms with E-state index < -0.39 is 17.1 Å². The van der Waals surface area contributed by atoms with Crippen molar-refractivity contribution in [2.45, 2.75) is 13.8 Å². The van der Waals surface area contributed by atoms with E-state index in [1.807, 2.05) is 19.1 Å². The fourth-order valence-electron chi connectivity index (χ4n) is 4.48. The number of fused-ring (bicyclic) bond motifs is 1. The highest BCUT2D eigenvalue weighted by Crippen LogP contribution is 2.33. The van der Waals surface area contributed by atoms with Crippen LogP contribution in [0.25, 0.3) is 16.7 Å². The summed E-state index contributed by atoms with van der Waals surface area (Å²) in [4.78, 5) is 54.0. The van der Waals surface area contributed by atoms with Gasteiger partial charge in [-0.3, -0.25) is 14.8 Å². The minimum absolute atomic E-state index is 0.161. The second-order valence-corrected chi connectivity index (χ2v) is 10.1. The van der Waals surface area contributed by atoms with Crippen molar-refractivity contribution in [2.24, 2.45) is 4.99 Å². The average molecular weight is 568 g/mol. The van der Waals surface area contributed by atoms with Crippen LogP contribution in [0.2, 0.25) is 0 Å². The van der Waals surface area contributed by atoms with Crippen LogP contribution in [0.1, 0.15) is 16.7 Å². The molecule has 1 fully saturated rings. The maximum absolute atomic E-state index is 12.7. The van der Waals surface area contributed by atoms with Crippen molar-refractivity contribution in [2.75, 3.05) is 38.1 Å². The van der Waals surface area contributed by atoms with E-state index in [0.717, 1.165) is 52.0 Å². The number of imidazole rings is 1. The van der Waals surface area contributed by atoms with Gasteiger partial charge < -0.3 is 24.9 Å². The van der Waals surface area contributed by atoms with Gasteiger partial charge in [-0.1, -0.05) is 15.9 Å². The Morgan fingerprint density at radius 3 is 2.30 bits per heavy atom. The SMILES string of the molecule is Cc1cc(-n2c(O)c(C=Nc3cc4[nH]c(=O)[nH]c4cc3N3CCN(C)CC3)c(=O)[nH]c2=O)c(C)cc1Br. The lowest BCUT2D eigenvalue weighted by molar-refractivity contribution is 0.313. The Bertz CT molecular complexity index is 1720. The Kier molecular flexibility index (Phi) is 6.38. The first-order valence-corrected chi connectivity index (χ1v) is 12.5. The summed E-state index contributed by atoms with van der Waals surface area (Å²) in [6, 6.07) is 7.16. The summed E-state index contributed by atoms with van der Waals surface area (Å²) in [6.07, 6.45) is 1.25. The zero-order valence-corrected chi connectivity index (χ0v) is 22.1. The fraction of sp³-hybridized carbons (Fsp3) is 0.280. The third kappa shape index (κ3) is 4.65. The second-order valence-electron chi connectivity index (χ2n) is 9.23. The van der Waals surface area contributed by atoms with E-state index in [4.69, 9.17) is 0 Å². The number of halogens is 1. The van der Waals surface area contributed by atoms with Crippen LogP contribution in [0.4, 0.5) is 11.4 Å². The summed E-state index contributed by atoms with van der Waals surface area (Å²) in [5.41, 5.74) is 2.54. The van der Waals surface area contributed by atoms with Gasteiger partial charge in [0, 0.05) is 36.9 Å². The third-order valence-electron chi connectivity index (χ3n) is 6.63. The molecule has 3 heterocycles. The summed E-state index contributed by atoms with van der Waals surface area (Å²) < 4.78 is 1.92. The van der Waals surface area contributed by atoms with Gasteiger partial charge in [-0.15, -0.1) is 0 Å².